The van der Waals surface area contributed by atoms with Crippen LogP contribution in [0.15, 0.2) is 0 Å². The molecule has 0 aromatic carbocycles. The van der Waals surface area contributed by atoms with Crippen molar-refractivity contribution in [2.24, 2.45) is 5.41 Å². The van der Waals surface area contributed by atoms with Crippen molar-refractivity contribution in [2.45, 2.75) is 58.9 Å². The molecule has 3 nitrogen and oxygen atoms in total. The van der Waals surface area contributed by atoms with Crippen molar-refractivity contribution in [1.29, 1.82) is 0 Å². The maximum atomic E-state index is 11.6. The third-order valence-electron chi connectivity index (χ3n) is 3.93. The highest BCUT2D eigenvalue weighted by Gasteiger charge is 2.34. The number of hydrogen-bond donors (Lipinski definition) is 1. The van der Waals surface area contributed by atoms with Gasteiger partial charge in [0, 0.05) is 18.3 Å². The lowest BCUT2D eigenvalue weighted by Crippen LogP contribution is -2.37. The van der Waals surface area contributed by atoms with Crippen LogP contribution in [0.2, 0.25) is 0 Å². The van der Waals surface area contributed by atoms with E-state index >= 15 is 0 Å². The van der Waals surface area contributed by atoms with Gasteiger partial charge in [0.1, 0.15) is 9.84 Å². The van der Waals surface area contributed by atoms with Crippen molar-refractivity contribution in [3.63, 3.8) is 0 Å². The van der Waals surface area contributed by atoms with Crippen LogP contribution in [-0.2, 0) is 9.84 Å². The van der Waals surface area contributed by atoms with Crippen molar-refractivity contribution >= 4 is 9.84 Å². The Balaban J connectivity index is 2.53. The van der Waals surface area contributed by atoms with Crippen molar-refractivity contribution < 1.29 is 8.42 Å². The van der Waals surface area contributed by atoms with E-state index in [4.69, 9.17) is 0 Å². The van der Waals surface area contributed by atoms with Gasteiger partial charge in [0.2, 0.25) is 0 Å². The highest BCUT2D eigenvalue weighted by molar-refractivity contribution is 7.91. The van der Waals surface area contributed by atoms with Crippen LogP contribution in [0.3, 0.4) is 0 Å². The second kappa shape index (κ2) is 6.19. The molecule has 17 heavy (non-hydrogen) atoms. The first-order valence-electron chi connectivity index (χ1n) is 6.83. The van der Waals surface area contributed by atoms with E-state index in [-0.39, 0.29) is 11.2 Å². The van der Waals surface area contributed by atoms with Gasteiger partial charge < -0.3 is 5.32 Å². The molecule has 1 fully saturated rings. The summed E-state index contributed by atoms with van der Waals surface area (Å²) in [6.07, 6.45) is 5.72. The Bertz CT molecular complexity index is 316. The second-order valence-electron chi connectivity index (χ2n) is 5.73. The minimum Gasteiger partial charge on any atom is -0.314 e. The minimum absolute atomic E-state index is 0.243. The fourth-order valence-corrected chi connectivity index (χ4v) is 3.61. The summed E-state index contributed by atoms with van der Waals surface area (Å²) in [5, 5.41) is 3.49. The van der Waals surface area contributed by atoms with Gasteiger partial charge in [0.05, 0.1) is 5.75 Å². The van der Waals surface area contributed by atoms with Gasteiger partial charge in [-0.2, -0.15) is 0 Å². The third-order valence-corrected chi connectivity index (χ3v) is 5.64. The van der Waals surface area contributed by atoms with Crippen LogP contribution in [0.5, 0.6) is 0 Å². The normalized spacial score (nSPS) is 20.0. The van der Waals surface area contributed by atoms with Gasteiger partial charge in [0.25, 0.3) is 0 Å². The fraction of sp³-hybridized carbons (Fsp3) is 1.00. The average molecular weight is 261 g/mol. The molecule has 0 saturated heterocycles. The summed E-state index contributed by atoms with van der Waals surface area (Å²) in [7, 11) is -2.81. The molecular weight excluding hydrogens is 234 g/mol. The van der Waals surface area contributed by atoms with E-state index in [1.54, 1.807) is 6.92 Å². The number of sulfone groups is 1. The van der Waals surface area contributed by atoms with E-state index < -0.39 is 9.84 Å². The zero-order chi connectivity index (χ0) is 12.9. The number of hydrogen-bond acceptors (Lipinski definition) is 3. The number of nitrogens with one attached hydrogen (secondary N) is 1. The first kappa shape index (κ1) is 15.0. The zero-order valence-corrected chi connectivity index (χ0v) is 12.3. The van der Waals surface area contributed by atoms with Crippen LogP contribution in [0.1, 0.15) is 52.9 Å². The van der Waals surface area contributed by atoms with Gasteiger partial charge in [-0.1, -0.05) is 33.6 Å². The maximum absolute atomic E-state index is 11.6. The summed E-state index contributed by atoms with van der Waals surface area (Å²) >= 11 is 0. The maximum Gasteiger partial charge on any atom is 0.150 e. The largest absolute Gasteiger partial charge is 0.314 e. The minimum atomic E-state index is -2.81. The van der Waals surface area contributed by atoms with E-state index in [2.05, 4.69) is 19.2 Å². The predicted molar refractivity (Wildman–Crippen MR) is 73.0 cm³/mol. The molecule has 0 radical (unpaired) electrons. The first-order valence-corrected chi connectivity index (χ1v) is 8.65. The van der Waals surface area contributed by atoms with E-state index in [1.807, 2.05) is 0 Å². The molecule has 0 unspecified atom stereocenters. The first-order chi connectivity index (χ1) is 7.89. The summed E-state index contributed by atoms with van der Waals surface area (Å²) in [6, 6.07) is 0.482. The van der Waals surface area contributed by atoms with Crippen LogP contribution in [-0.4, -0.2) is 32.5 Å². The molecule has 0 heterocycles. The molecule has 0 amide bonds. The summed E-state index contributed by atoms with van der Waals surface area (Å²) in [4.78, 5) is 0. The summed E-state index contributed by atoms with van der Waals surface area (Å²) in [6.45, 7) is 7.00. The molecule has 0 atom stereocenters. The number of rotatable bonds is 7. The Morgan fingerprint density at radius 2 is 1.82 bits per heavy atom. The SMILES string of the molecule is CCS(=O)(=O)CCC1(CNC(C)C)CCCC1. The van der Waals surface area contributed by atoms with Gasteiger partial charge in [-0.05, 0) is 24.7 Å². The second-order valence-corrected chi connectivity index (χ2v) is 8.20. The van der Waals surface area contributed by atoms with Gasteiger partial charge in [-0.15, -0.1) is 0 Å². The van der Waals surface area contributed by atoms with Gasteiger partial charge >= 0.3 is 0 Å². The lowest BCUT2D eigenvalue weighted by Gasteiger charge is -2.30. The van der Waals surface area contributed by atoms with E-state index in [0.29, 0.717) is 11.8 Å². The van der Waals surface area contributed by atoms with Gasteiger partial charge in [-0.25, -0.2) is 8.42 Å². The summed E-state index contributed by atoms with van der Waals surface area (Å²) < 4.78 is 23.2. The molecule has 1 saturated carbocycles. The van der Waals surface area contributed by atoms with Gasteiger partial charge in [0.15, 0.2) is 0 Å². The molecule has 4 heteroatoms. The smallest absolute Gasteiger partial charge is 0.150 e. The van der Waals surface area contributed by atoms with E-state index in [9.17, 15) is 8.42 Å². The fourth-order valence-electron chi connectivity index (χ4n) is 2.58. The molecule has 0 bridgehead atoms. The Labute approximate surface area is 106 Å². The topological polar surface area (TPSA) is 46.2 Å². The van der Waals surface area contributed by atoms with Crippen molar-refractivity contribution in [1.82, 2.24) is 5.32 Å². The molecular formula is C13H27NO2S. The zero-order valence-electron chi connectivity index (χ0n) is 11.5. The molecule has 0 aliphatic heterocycles. The molecule has 1 aliphatic rings. The molecule has 0 spiro atoms. The molecule has 1 N–H and O–H groups in total. The lowest BCUT2D eigenvalue weighted by molar-refractivity contribution is 0.262. The van der Waals surface area contributed by atoms with Crippen molar-refractivity contribution in [3.8, 4) is 0 Å². The van der Waals surface area contributed by atoms with Crippen LogP contribution in [0, 0.1) is 5.41 Å². The van der Waals surface area contributed by atoms with E-state index in [1.165, 1.54) is 25.7 Å². The lowest BCUT2D eigenvalue weighted by atomic mass is 9.83. The quantitative estimate of drug-likeness (QED) is 0.765. The Morgan fingerprint density at radius 3 is 2.29 bits per heavy atom. The average Bonchev–Trinajstić information content (AvgIpc) is 2.74. The molecule has 1 rings (SSSR count). The van der Waals surface area contributed by atoms with Crippen LogP contribution < -0.4 is 5.32 Å². The predicted octanol–water partition coefficient (Wildman–Crippen LogP) is 2.37. The Kier molecular flexibility index (Phi) is 5.45. The standard InChI is InChI=1S/C13H27NO2S/c1-4-17(15,16)10-9-13(7-5-6-8-13)11-14-12(2)3/h12,14H,4-11H2,1-3H3. The van der Waals surface area contributed by atoms with Crippen LogP contribution in [0.4, 0.5) is 0 Å². The van der Waals surface area contributed by atoms with Crippen LogP contribution >= 0.6 is 0 Å². The highest BCUT2D eigenvalue weighted by Crippen LogP contribution is 2.40. The molecule has 102 valence electrons. The Morgan fingerprint density at radius 1 is 1.24 bits per heavy atom. The highest BCUT2D eigenvalue weighted by atomic mass is 32.2. The monoisotopic (exact) mass is 261 g/mol. The third kappa shape index (κ3) is 4.96. The molecule has 0 aromatic heterocycles. The van der Waals surface area contributed by atoms with Crippen molar-refractivity contribution in [2.75, 3.05) is 18.1 Å². The summed E-state index contributed by atoms with van der Waals surface area (Å²) in [5.74, 6) is 0.643. The van der Waals surface area contributed by atoms with E-state index in [0.717, 1.165) is 13.0 Å². The van der Waals surface area contributed by atoms with Crippen molar-refractivity contribution in [3.05, 3.63) is 0 Å². The Hall–Kier alpha value is -0.0900. The van der Waals surface area contributed by atoms with Crippen LogP contribution in [0.25, 0.3) is 0 Å². The molecule has 0 aromatic rings. The summed E-state index contributed by atoms with van der Waals surface area (Å²) in [5.41, 5.74) is 0.243. The van der Waals surface area contributed by atoms with Gasteiger partial charge in [-0.3, -0.25) is 0 Å². The molecule has 1 aliphatic carbocycles.